The van der Waals surface area contributed by atoms with Crippen molar-refractivity contribution in [3.8, 4) is 0 Å². The lowest BCUT2D eigenvalue weighted by Gasteiger charge is -2.29. The maximum atomic E-state index is 13.0. The number of amides is 1. The molecule has 486 valence electrons. The van der Waals surface area contributed by atoms with E-state index in [0.29, 0.717) is 17.4 Å². The van der Waals surface area contributed by atoms with Crippen molar-refractivity contribution in [2.45, 2.75) is 289 Å². The molecular weight excluding hydrogens is 1070 g/mol. The number of carbonyl (C=O) groups is 1. The molecule has 0 radical (unpaired) electrons. The number of hydrogen-bond donors (Lipinski definition) is 2. The fraction of sp³-hybridized carbons (Fsp3) is 0.671. The lowest BCUT2D eigenvalue weighted by molar-refractivity contribution is -0.870. The van der Waals surface area contributed by atoms with Gasteiger partial charge in [-0.2, -0.15) is 0 Å². The average molecular weight is 1200 g/mol. The van der Waals surface area contributed by atoms with Crippen LogP contribution in [0.4, 0.5) is 0 Å². The van der Waals surface area contributed by atoms with Gasteiger partial charge < -0.3 is 28.8 Å². The second-order valence-electron chi connectivity index (χ2n) is 24.1. The number of phosphoric ester groups is 1. The largest absolute Gasteiger partial charge is 0.756 e. The Bertz CT molecular complexity index is 1900. The summed E-state index contributed by atoms with van der Waals surface area (Å²) < 4.78 is 23.4. The Morgan fingerprint density at radius 1 is 0.424 bits per heavy atom. The van der Waals surface area contributed by atoms with Crippen molar-refractivity contribution in [3.05, 3.63) is 146 Å². The number of aliphatic hydroxyl groups is 1. The molecule has 85 heavy (non-hydrogen) atoms. The highest BCUT2D eigenvalue weighted by atomic mass is 31.2. The van der Waals surface area contributed by atoms with E-state index in [0.717, 1.165) is 116 Å². The number of allylic oxidation sites excluding steroid dienone is 23. The molecule has 3 atom stereocenters. The number of hydrogen-bond acceptors (Lipinski definition) is 6. The first-order valence-electron chi connectivity index (χ1n) is 34.7. The van der Waals surface area contributed by atoms with Crippen molar-refractivity contribution >= 4 is 13.7 Å². The van der Waals surface area contributed by atoms with Crippen molar-refractivity contribution in [2.24, 2.45) is 0 Å². The molecule has 0 aromatic carbocycles. The summed E-state index contributed by atoms with van der Waals surface area (Å²) >= 11 is 0. The van der Waals surface area contributed by atoms with Crippen LogP contribution in [-0.4, -0.2) is 68.5 Å². The van der Waals surface area contributed by atoms with Gasteiger partial charge in [0.25, 0.3) is 7.82 Å². The van der Waals surface area contributed by atoms with Crippen molar-refractivity contribution in [3.63, 3.8) is 0 Å². The Hall–Kier alpha value is -3.62. The van der Waals surface area contributed by atoms with Crippen molar-refractivity contribution in [1.82, 2.24) is 5.32 Å². The molecule has 0 rings (SSSR count). The number of phosphoric acid groups is 1. The van der Waals surface area contributed by atoms with Gasteiger partial charge in [-0.3, -0.25) is 9.36 Å². The molecule has 0 fully saturated rings. The normalized spacial score (nSPS) is 14.6. The van der Waals surface area contributed by atoms with Gasteiger partial charge in [0.15, 0.2) is 0 Å². The van der Waals surface area contributed by atoms with Crippen molar-refractivity contribution < 1.29 is 32.9 Å². The summed E-state index contributed by atoms with van der Waals surface area (Å²) in [6.07, 6.45) is 99.6. The zero-order chi connectivity index (χ0) is 61.9. The summed E-state index contributed by atoms with van der Waals surface area (Å²) in [4.78, 5) is 25.6. The van der Waals surface area contributed by atoms with Crippen LogP contribution in [0.1, 0.15) is 277 Å². The molecule has 0 bridgehead atoms. The minimum atomic E-state index is -4.62. The second-order valence-corrected chi connectivity index (χ2v) is 25.6. The highest BCUT2D eigenvalue weighted by Crippen LogP contribution is 2.38. The highest BCUT2D eigenvalue weighted by molar-refractivity contribution is 7.45. The summed E-state index contributed by atoms with van der Waals surface area (Å²) in [5, 5.41) is 13.9. The molecule has 3 unspecified atom stereocenters. The van der Waals surface area contributed by atoms with E-state index in [1.165, 1.54) is 141 Å². The molecule has 0 saturated carbocycles. The molecular formula is C76H131N2O6P. The molecule has 0 aromatic rings. The predicted molar refractivity (Wildman–Crippen MR) is 371 cm³/mol. The molecule has 0 heterocycles. The van der Waals surface area contributed by atoms with E-state index in [2.05, 4.69) is 153 Å². The second kappa shape index (κ2) is 64.8. The zero-order valence-corrected chi connectivity index (χ0v) is 56.4. The van der Waals surface area contributed by atoms with Crippen LogP contribution in [0, 0.1) is 0 Å². The quantitative estimate of drug-likeness (QED) is 0.0272. The summed E-state index contributed by atoms with van der Waals surface area (Å²) in [6, 6.07) is -0.917. The monoisotopic (exact) mass is 1200 g/mol. The van der Waals surface area contributed by atoms with Gasteiger partial charge >= 0.3 is 0 Å². The van der Waals surface area contributed by atoms with E-state index in [9.17, 15) is 19.4 Å². The van der Waals surface area contributed by atoms with Gasteiger partial charge in [-0.05, 0) is 109 Å². The lowest BCUT2D eigenvalue weighted by atomic mass is 10.0. The van der Waals surface area contributed by atoms with E-state index >= 15 is 0 Å². The number of rotatable bonds is 62. The van der Waals surface area contributed by atoms with Crippen LogP contribution in [0.25, 0.3) is 0 Å². The van der Waals surface area contributed by atoms with Crippen LogP contribution in [0.5, 0.6) is 0 Å². The van der Waals surface area contributed by atoms with Crippen LogP contribution in [-0.2, 0) is 18.4 Å². The number of nitrogens with one attached hydrogen (secondary N) is 1. The number of aliphatic hydroxyl groups excluding tert-OH is 1. The molecule has 0 aliphatic carbocycles. The van der Waals surface area contributed by atoms with Crippen LogP contribution in [0.3, 0.4) is 0 Å². The summed E-state index contributed by atoms with van der Waals surface area (Å²) in [5.41, 5.74) is 0. The molecule has 8 nitrogen and oxygen atoms in total. The van der Waals surface area contributed by atoms with Crippen molar-refractivity contribution in [1.29, 1.82) is 0 Å². The van der Waals surface area contributed by atoms with Crippen LogP contribution in [0.2, 0.25) is 0 Å². The molecule has 2 N–H and O–H groups in total. The molecule has 0 aliphatic heterocycles. The van der Waals surface area contributed by atoms with Gasteiger partial charge in [0.1, 0.15) is 13.2 Å². The molecule has 9 heteroatoms. The fourth-order valence-corrected chi connectivity index (χ4v) is 10.2. The van der Waals surface area contributed by atoms with Crippen LogP contribution < -0.4 is 10.2 Å². The minimum Gasteiger partial charge on any atom is -0.756 e. The van der Waals surface area contributed by atoms with Crippen LogP contribution >= 0.6 is 7.82 Å². The van der Waals surface area contributed by atoms with E-state index in [4.69, 9.17) is 9.05 Å². The number of likely N-dealkylation sites (N-methyl/N-ethyl adjacent to an activating group) is 1. The molecule has 0 spiro atoms. The van der Waals surface area contributed by atoms with E-state index in [-0.39, 0.29) is 12.5 Å². The van der Waals surface area contributed by atoms with E-state index in [1.807, 2.05) is 27.2 Å². The lowest BCUT2D eigenvalue weighted by Crippen LogP contribution is -2.45. The SMILES string of the molecule is CC/C=C\C/C=C\C/C=C\C/C=C\C/C=C\C/C=C\C/C=C\C/C=C\C/C=C\C/C=C\CCCCCCCCCCCCC(=O)NC(COP(=O)([O-])OCC[N+](C)(C)C)C(O)/C=C/CC/C=C/CCCCCCCCCCCCCCCCCC. The van der Waals surface area contributed by atoms with Crippen molar-refractivity contribution in [2.75, 3.05) is 40.9 Å². The van der Waals surface area contributed by atoms with Gasteiger partial charge in [0.2, 0.25) is 5.91 Å². The minimum absolute atomic E-state index is 0.0134. The maximum Gasteiger partial charge on any atom is 0.268 e. The molecule has 1 amide bonds. The molecule has 0 saturated heterocycles. The van der Waals surface area contributed by atoms with Gasteiger partial charge in [0.05, 0.1) is 39.9 Å². The Morgan fingerprint density at radius 2 is 0.729 bits per heavy atom. The molecule has 0 aliphatic rings. The first kappa shape index (κ1) is 81.4. The first-order valence-corrected chi connectivity index (χ1v) is 36.2. The predicted octanol–water partition coefficient (Wildman–Crippen LogP) is 21.7. The Kier molecular flexibility index (Phi) is 62.1. The summed E-state index contributed by atoms with van der Waals surface area (Å²) in [5.74, 6) is -0.215. The number of unbranched alkanes of at least 4 members (excludes halogenated alkanes) is 27. The third kappa shape index (κ3) is 67.7. The Labute approximate surface area is 525 Å². The maximum absolute atomic E-state index is 13.0. The van der Waals surface area contributed by atoms with Gasteiger partial charge in [-0.15, -0.1) is 0 Å². The third-order valence-electron chi connectivity index (χ3n) is 14.8. The first-order chi connectivity index (χ1) is 41.5. The standard InChI is InChI=1S/C76H131N2O6P/c1-6-8-10-12-14-16-18-20-22-24-26-28-30-31-32-33-34-35-36-37-38-39-40-41-42-43-44-45-46-47-48-50-52-54-56-58-60-62-64-66-68-70-76(80)77-74(73-84-85(81,82)83-72-71-78(3,4)5)75(79)69-67-65-63-61-59-57-55-53-51-49-29-27-25-23-21-19-17-15-13-11-9-7-2/h8,10,14,16,20,22,26,28,31-32,34-35,37-38,40-41,43-44,46-47,59,61,67,69,74-75,79H,6-7,9,11-13,15,17-19,21,23-25,27,29-30,33,36,39,42,45,48-58,60,62-66,68,70-73H2,1-5H3,(H-,77,80,81,82)/b10-8-,16-14-,22-20-,28-26-,32-31-,35-34-,38-37-,41-40-,44-43-,47-46-,61-59+,69-67+. The fourth-order valence-electron chi connectivity index (χ4n) is 9.43. The topological polar surface area (TPSA) is 108 Å². The number of nitrogens with zero attached hydrogens (tertiary/aromatic N) is 1. The Morgan fingerprint density at radius 3 is 1.09 bits per heavy atom. The Balaban J connectivity index is 4.15. The third-order valence-corrected chi connectivity index (χ3v) is 15.7. The molecule has 0 aromatic heterocycles. The highest BCUT2D eigenvalue weighted by Gasteiger charge is 2.23. The van der Waals surface area contributed by atoms with Gasteiger partial charge in [0, 0.05) is 6.42 Å². The van der Waals surface area contributed by atoms with Gasteiger partial charge in [-0.25, -0.2) is 0 Å². The zero-order valence-electron chi connectivity index (χ0n) is 55.5. The summed E-state index contributed by atoms with van der Waals surface area (Å²) in [7, 11) is 1.23. The van der Waals surface area contributed by atoms with Crippen LogP contribution in [0.15, 0.2) is 146 Å². The number of carbonyl (C=O) groups excluding carboxylic acids is 1. The summed E-state index contributed by atoms with van der Waals surface area (Å²) in [6.45, 7) is 4.52. The van der Waals surface area contributed by atoms with Gasteiger partial charge in [-0.1, -0.05) is 307 Å². The number of quaternary nitrogens is 1. The van der Waals surface area contributed by atoms with E-state index in [1.54, 1.807) is 6.08 Å². The smallest absolute Gasteiger partial charge is 0.268 e. The average Bonchev–Trinajstić information content (AvgIpc) is 3.48. The van der Waals surface area contributed by atoms with E-state index < -0.39 is 26.6 Å².